The van der Waals surface area contributed by atoms with Crippen molar-refractivity contribution in [2.45, 2.75) is 30.9 Å². The predicted molar refractivity (Wildman–Crippen MR) is 51.2 cm³/mol. The lowest BCUT2D eigenvalue weighted by Crippen LogP contribution is -2.18. The van der Waals surface area contributed by atoms with E-state index >= 15 is 0 Å². The molecule has 0 bridgehead atoms. The highest BCUT2D eigenvalue weighted by Gasteiger charge is 2.35. The summed E-state index contributed by atoms with van der Waals surface area (Å²) in [6.45, 7) is 1.90. The molecule has 2 aliphatic rings. The van der Waals surface area contributed by atoms with Crippen molar-refractivity contribution in [3.05, 3.63) is 0 Å². The second kappa shape index (κ2) is 3.29. The Labute approximate surface area is 78.7 Å². The van der Waals surface area contributed by atoms with Gasteiger partial charge in [-0.15, -0.1) is 0 Å². The Hall–Kier alpha value is -0.580. The molecule has 13 heavy (non-hydrogen) atoms. The van der Waals surface area contributed by atoms with E-state index in [2.05, 4.69) is 4.40 Å². The molecule has 0 aromatic heterocycles. The number of nitrogens with zero attached hydrogens (tertiary/aromatic N) is 2. The van der Waals surface area contributed by atoms with Gasteiger partial charge in [-0.1, -0.05) is 0 Å². The molecule has 1 aliphatic heterocycles. The minimum absolute atomic E-state index is 0.175. The van der Waals surface area contributed by atoms with E-state index in [0.717, 1.165) is 38.8 Å². The summed E-state index contributed by atoms with van der Waals surface area (Å²) in [6, 6.07) is 0. The van der Waals surface area contributed by atoms with Crippen molar-refractivity contribution in [1.82, 2.24) is 4.90 Å². The van der Waals surface area contributed by atoms with Gasteiger partial charge in [0, 0.05) is 13.1 Å². The average molecular weight is 202 g/mol. The van der Waals surface area contributed by atoms with Gasteiger partial charge in [0.1, 0.15) is 6.34 Å². The summed E-state index contributed by atoms with van der Waals surface area (Å²) >= 11 is 0. The van der Waals surface area contributed by atoms with E-state index in [1.54, 1.807) is 0 Å². The van der Waals surface area contributed by atoms with E-state index in [1.807, 2.05) is 4.90 Å². The average Bonchev–Trinajstić information content (AvgIpc) is 2.82. The lowest BCUT2D eigenvalue weighted by atomic mass is 10.4. The van der Waals surface area contributed by atoms with Gasteiger partial charge in [-0.3, -0.25) is 0 Å². The zero-order valence-electron chi connectivity index (χ0n) is 7.52. The highest BCUT2D eigenvalue weighted by Crippen LogP contribution is 2.29. The van der Waals surface area contributed by atoms with E-state index in [1.165, 1.54) is 6.34 Å². The first-order chi connectivity index (χ1) is 6.18. The van der Waals surface area contributed by atoms with E-state index in [9.17, 15) is 8.42 Å². The normalized spacial score (nSPS) is 24.5. The van der Waals surface area contributed by atoms with Crippen LogP contribution in [0.25, 0.3) is 0 Å². The number of rotatable bonds is 3. The second-order valence-electron chi connectivity index (χ2n) is 3.68. The van der Waals surface area contributed by atoms with E-state index < -0.39 is 10.0 Å². The molecule has 5 heteroatoms. The van der Waals surface area contributed by atoms with E-state index in [0.29, 0.717) is 0 Å². The molecule has 1 saturated carbocycles. The summed E-state index contributed by atoms with van der Waals surface area (Å²) in [5, 5.41) is -0.175. The Morgan fingerprint density at radius 1 is 1.23 bits per heavy atom. The topological polar surface area (TPSA) is 49.7 Å². The van der Waals surface area contributed by atoms with Crippen molar-refractivity contribution >= 4 is 16.4 Å². The smallest absolute Gasteiger partial charge is 0.257 e. The summed E-state index contributed by atoms with van der Waals surface area (Å²) < 4.78 is 26.3. The first kappa shape index (κ1) is 8.99. The van der Waals surface area contributed by atoms with Crippen LogP contribution in [0, 0.1) is 0 Å². The Morgan fingerprint density at radius 3 is 2.38 bits per heavy atom. The largest absolute Gasteiger partial charge is 0.362 e. The van der Waals surface area contributed by atoms with Gasteiger partial charge in [0.15, 0.2) is 0 Å². The summed E-state index contributed by atoms with van der Waals surface area (Å²) in [5.41, 5.74) is 0. The number of hydrogen-bond acceptors (Lipinski definition) is 2. The summed E-state index contributed by atoms with van der Waals surface area (Å²) in [6.07, 6.45) is 5.38. The minimum Gasteiger partial charge on any atom is -0.362 e. The molecule has 4 nitrogen and oxygen atoms in total. The third-order valence-corrected chi connectivity index (χ3v) is 4.15. The van der Waals surface area contributed by atoms with Crippen LogP contribution in [-0.2, 0) is 10.0 Å². The Balaban J connectivity index is 1.95. The molecule has 0 N–H and O–H groups in total. The van der Waals surface area contributed by atoms with Gasteiger partial charge >= 0.3 is 0 Å². The molecule has 2 rings (SSSR count). The fraction of sp³-hybridized carbons (Fsp3) is 0.875. The second-order valence-corrected chi connectivity index (χ2v) is 5.59. The first-order valence-corrected chi connectivity index (χ1v) is 6.22. The van der Waals surface area contributed by atoms with Crippen LogP contribution in [0.4, 0.5) is 0 Å². The highest BCUT2D eigenvalue weighted by molar-refractivity contribution is 7.91. The molecule has 1 saturated heterocycles. The zero-order valence-corrected chi connectivity index (χ0v) is 8.33. The van der Waals surface area contributed by atoms with Crippen molar-refractivity contribution in [3.8, 4) is 0 Å². The SMILES string of the molecule is O=S(=O)(N=CN1CCCC1)C1CC1. The highest BCUT2D eigenvalue weighted by atomic mass is 32.2. The monoisotopic (exact) mass is 202 g/mol. The maximum absolute atomic E-state index is 11.3. The van der Waals surface area contributed by atoms with Gasteiger partial charge < -0.3 is 4.90 Å². The van der Waals surface area contributed by atoms with Crippen LogP contribution in [0.1, 0.15) is 25.7 Å². The van der Waals surface area contributed by atoms with Gasteiger partial charge in [0.25, 0.3) is 10.0 Å². The number of hydrogen-bond donors (Lipinski definition) is 0. The predicted octanol–water partition coefficient (Wildman–Crippen LogP) is 0.603. The van der Waals surface area contributed by atoms with Crippen LogP contribution in [0.15, 0.2) is 4.40 Å². The molecule has 1 aliphatic carbocycles. The number of sulfonamides is 1. The lowest BCUT2D eigenvalue weighted by Gasteiger charge is -2.08. The fourth-order valence-corrected chi connectivity index (χ4v) is 2.61. The number of likely N-dealkylation sites (tertiary alicyclic amines) is 1. The molecule has 0 unspecified atom stereocenters. The van der Waals surface area contributed by atoms with Crippen molar-refractivity contribution in [2.24, 2.45) is 4.40 Å². The molecule has 0 aromatic rings. The molecule has 0 radical (unpaired) electrons. The van der Waals surface area contributed by atoms with Crippen molar-refractivity contribution in [2.75, 3.05) is 13.1 Å². The molecular formula is C8H14N2O2S. The van der Waals surface area contributed by atoms with Crippen LogP contribution in [-0.4, -0.2) is 38.0 Å². The molecular weight excluding hydrogens is 188 g/mol. The first-order valence-electron chi connectivity index (χ1n) is 4.72. The standard InChI is InChI=1S/C8H14N2O2S/c11-13(12,8-3-4-8)9-7-10-5-1-2-6-10/h7-8H,1-6H2. The molecule has 0 aromatic carbocycles. The van der Waals surface area contributed by atoms with Crippen LogP contribution in [0.3, 0.4) is 0 Å². The van der Waals surface area contributed by atoms with Crippen molar-refractivity contribution < 1.29 is 8.42 Å². The van der Waals surface area contributed by atoms with E-state index in [4.69, 9.17) is 0 Å². The third kappa shape index (κ3) is 2.21. The summed E-state index contributed by atoms with van der Waals surface area (Å²) in [5.74, 6) is 0. The van der Waals surface area contributed by atoms with Gasteiger partial charge in [0.05, 0.1) is 5.25 Å². The van der Waals surface area contributed by atoms with Gasteiger partial charge in [-0.2, -0.15) is 4.40 Å². The summed E-state index contributed by atoms with van der Waals surface area (Å²) in [7, 11) is -3.15. The molecule has 74 valence electrons. The van der Waals surface area contributed by atoms with Gasteiger partial charge in [0.2, 0.25) is 0 Å². The maximum Gasteiger partial charge on any atom is 0.257 e. The maximum atomic E-state index is 11.3. The molecule has 0 amide bonds. The van der Waals surface area contributed by atoms with Crippen molar-refractivity contribution in [1.29, 1.82) is 0 Å². The van der Waals surface area contributed by atoms with Crippen LogP contribution in [0.2, 0.25) is 0 Å². The Morgan fingerprint density at radius 2 is 1.85 bits per heavy atom. The minimum atomic E-state index is -3.15. The Bertz CT molecular complexity index is 300. The van der Waals surface area contributed by atoms with Crippen LogP contribution < -0.4 is 0 Å². The molecule has 1 heterocycles. The fourth-order valence-electron chi connectivity index (χ4n) is 1.44. The third-order valence-electron chi connectivity index (χ3n) is 2.44. The molecule has 2 fully saturated rings. The van der Waals surface area contributed by atoms with Crippen LogP contribution in [0.5, 0.6) is 0 Å². The lowest BCUT2D eigenvalue weighted by molar-refractivity contribution is 0.535. The van der Waals surface area contributed by atoms with Gasteiger partial charge in [-0.25, -0.2) is 8.42 Å². The quantitative estimate of drug-likeness (QED) is 0.497. The molecule has 0 atom stereocenters. The van der Waals surface area contributed by atoms with Crippen LogP contribution >= 0.6 is 0 Å². The van der Waals surface area contributed by atoms with E-state index in [-0.39, 0.29) is 5.25 Å². The Kier molecular flexibility index (Phi) is 2.27. The molecule has 0 spiro atoms. The van der Waals surface area contributed by atoms with Gasteiger partial charge in [-0.05, 0) is 25.7 Å². The van der Waals surface area contributed by atoms with Crippen molar-refractivity contribution in [3.63, 3.8) is 0 Å². The summed E-state index contributed by atoms with van der Waals surface area (Å²) in [4.78, 5) is 1.97. The zero-order chi connectivity index (χ0) is 9.31.